The van der Waals surface area contributed by atoms with E-state index in [4.69, 9.17) is 0 Å². The third kappa shape index (κ3) is 4.38. The molecule has 0 atom stereocenters. The van der Waals surface area contributed by atoms with Gasteiger partial charge in [0.1, 0.15) is 0 Å². The molecule has 1 heterocycles. The first-order chi connectivity index (χ1) is 6.83. The van der Waals surface area contributed by atoms with E-state index in [0.717, 1.165) is 18.8 Å². The molecule has 0 amide bonds. The standard InChI is InChI=1S/C12H19N2/c1-3-4-7-10-14(2)11-12-8-5-6-9-13-12/h5-6,9H,3-4,7,10-11H2,1-2H3. The van der Waals surface area contributed by atoms with Gasteiger partial charge in [-0.05, 0) is 26.1 Å². The SMILES string of the molecule is CCCCCN(C)Cc1[c]cccn1. The van der Waals surface area contributed by atoms with Crippen LogP contribution in [0.25, 0.3) is 0 Å². The molecule has 14 heavy (non-hydrogen) atoms. The lowest BCUT2D eigenvalue weighted by Gasteiger charge is -2.15. The molecule has 0 aliphatic rings. The predicted octanol–water partition coefficient (Wildman–Crippen LogP) is 2.50. The smallest absolute Gasteiger partial charge is 0.0622 e. The fourth-order valence-corrected chi connectivity index (χ4v) is 1.41. The highest BCUT2D eigenvalue weighted by Gasteiger charge is 1.99. The van der Waals surface area contributed by atoms with Gasteiger partial charge in [-0.2, -0.15) is 0 Å². The van der Waals surface area contributed by atoms with Crippen molar-refractivity contribution in [3.05, 3.63) is 30.1 Å². The van der Waals surface area contributed by atoms with Crippen LogP contribution < -0.4 is 0 Å². The minimum Gasteiger partial charge on any atom is -0.301 e. The average molecular weight is 191 g/mol. The van der Waals surface area contributed by atoms with Crippen LogP contribution in [0.1, 0.15) is 31.9 Å². The molecule has 0 saturated heterocycles. The van der Waals surface area contributed by atoms with Crippen molar-refractivity contribution in [1.82, 2.24) is 9.88 Å². The fourth-order valence-electron chi connectivity index (χ4n) is 1.41. The van der Waals surface area contributed by atoms with Crippen LogP contribution in [0, 0.1) is 6.07 Å². The molecule has 0 aliphatic carbocycles. The van der Waals surface area contributed by atoms with Gasteiger partial charge in [0.2, 0.25) is 0 Å². The van der Waals surface area contributed by atoms with E-state index in [1.165, 1.54) is 19.3 Å². The summed E-state index contributed by atoms with van der Waals surface area (Å²) in [5, 5.41) is 0. The summed E-state index contributed by atoms with van der Waals surface area (Å²) in [7, 11) is 2.14. The molecular weight excluding hydrogens is 172 g/mol. The molecule has 0 aromatic carbocycles. The van der Waals surface area contributed by atoms with Crippen molar-refractivity contribution in [3.63, 3.8) is 0 Å². The maximum atomic E-state index is 4.25. The minimum absolute atomic E-state index is 0.907. The Morgan fingerprint density at radius 2 is 2.29 bits per heavy atom. The highest BCUT2D eigenvalue weighted by Crippen LogP contribution is 2.01. The number of hydrogen-bond acceptors (Lipinski definition) is 2. The van der Waals surface area contributed by atoms with Crippen molar-refractivity contribution in [3.8, 4) is 0 Å². The number of rotatable bonds is 6. The van der Waals surface area contributed by atoms with Gasteiger partial charge in [-0.25, -0.2) is 0 Å². The average Bonchev–Trinajstić information content (AvgIpc) is 2.20. The van der Waals surface area contributed by atoms with Gasteiger partial charge in [-0.3, -0.25) is 4.98 Å². The molecule has 1 aromatic heterocycles. The number of hydrogen-bond donors (Lipinski definition) is 0. The number of unbranched alkanes of at least 4 members (excludes halogenated alkanes) is 2. The van der Waals surface area contributed by atoms with E-state index in [2.05, 4.69) is 29.9 Å². The van der Waals surface area contributed by atoms with Gasteiger partial charge >= 0.3 is 0 Å². The summed E-state index contributed by atoms with van der Waals surface area (Å²) in [6.45, 7) is 4.29. The molecule has 1 rings (SSSR count). The van der Waals surface area contributed by atoms with E-state index in [0.29, 0.717) is 0 Å². The summed E-state index contributed by atoms with van der Waals surface area (Å²) >= 11 is 0. The normalized spacial score (nSPS) is 10.8. The van der Waals surface area contributed by atoms with Crippen LogP contribution in [0.3, 0.4) is 0 Å². The zero-order chi connectivity index (χ0) is 10.2. The summed E-state index contributed by atoms with van der Waals surface area (Å²) in [5.74, 6) is 0. The Balaban J connectivity index is 2.23. The molecule has 0 spiro atoms. The summed E-state index contributed by atoms with van der Waals surface area (Å²) in [6.07, 6.45) is 5.70. The Bertz CT molecular complexity index is 233. The quantitative estimate of drug-likeness (QED) is 0.642. The molecule has 1 radical (unpaired) electrons. The third-order valence-corrected chi connectivity index (χ3v) is 2.23. The van der Waals surface area contributed by atoms with Gasteiger partial charge in [0.25, 0.3) is 0 Å². The van der Waals surface area contributed by atoms with E-state index in [9.17, 15) is 0 Å². The van der Waals surface area contributed by atoms with Crippen molar-refractivity contribution >= 4 is 0 Å². The molecule has 1 aromatic rings. The first-order valence-corrected chi connectivity index (χ1v) is 5.33. The Morgan fingerprint density at radius 1 is 1.43 bits per heavy atom. The van der Waals surface area contributed by atoms with Gasteiger partial charge < -0.3 is 4.90 Å². The Labute approximate surface area is 87.0 Å². The lowest BCUT2D eigenvalue weighted by atomic mass is 10.2. The molecule has 0 unspecified atom stereocenters. The molecule has 2 nitrogen and oxygen atoms in total. The number of pyridine rings is 1. The second kappa shape index (κ2) is 6.55. The van der Waals surface area contributed by atoms with Crippen LogP contribution in [-0.4, -0.2) is 23.5 Å². The molecule has 0 bridgehead atoms. The van der Waals surface area contributed by atoms with Crippen molar-refractivity contribution in [2.24, 2.45) is 0 Å². The number of aromatic nitrogens is 1. The molecule has 0 N–H and O–H groups in total. The van der Waals surface area contributed by atoms with E-state index in [1.54, 1.807) is 0 Å². The van der Waals surface area contributed by atoms with Crippen molar-refractivity contribution in [1.29, 1.82) is 0 Å². The molecule has 2 heteroatoms. The van der Waals surface area contributed by atoms with E-state index >= 15 is 0 Å². The highest BCUT2D eigenvalue weighted by atomic mass is 15.1. The minimum atomic E-state index is 0.907. The first-order valence-electron chi connectivity index (χ1n) is 5.33. The molecule has 0 aliphatic heterocycles. The largest absolute Gasteiger partial charge is 0.301 e. The van der Waals surface area contributed by atoms with Crippen LogP contribution in [0.15, 0.2) is 18.3 Å². The highest BCUT2D eigenvalue weighted by molar-refractivity contribution is 5.00. The van der Waals surface area contributed by atoms with Gasteiger partial charge in [0, 0.05) is 18.8 Å². The van der Waals surface area contributed by atoms with Gasteiger partial charge in [0.15, 0.2) is 0 Å². The van der Waals surface area contributed by atoms with Crippen LogP contribution in [0.4, 0.5) is 0 Å². The van der Waals surface area contributed by atoms with Crippen molar-refractivity contribution in [2.75, 3.05) is 13.6 Å². The van der Waals surface area contributed by atoms with Crippen LogP contribution in [0.2, 0.25) is 0 Å². The fraction of sp³-hybridized carbons (Fsp3) is 0.583. The van der Waals surface area contributed by atoms with E-state index in [-0.39, 0.29) is 0 Å². The van der Waals surface area contributed by atoms with Gasteiger partial charge in [0.05, 0.1) is 5.69 Å². The molecule has 77 valence electrons. The molecular formula is C12H19N2. The Kier molecular flexibility index (Phi) is 5.23. The van der Waals surface area contributed by atoms with Crippen LogP contribution in [0.5, 0.6) is 0 Å². The third-order valence-electron chi connectivity index (χ3n) is 2.23. The summed E-state index contributed by atoms with van der Waals surface area (Å²) in [6, 6.07) is 6.96. The zero-order valence-electron chi connectivity index (χ0n) is 9.16. The lowest BCUT2D eigenvalue weighted by Crippen LogP contribution is -2.19. The second-order valence-corrected chi connectivity index (χ2v) is 3.67. The van der Waals surface area contributed by atoms with Crippen LogP contribution in [-0.2, 0) is 6.54 Å². The monoisotopic (exact) mass is 191 g/mol. The Hall–Kier alpha value is -0.890. The van der Waals surface area contributed by atoms with Crippen molar-refractivity contribution < 1.29 is 0 Å². The predicted molar refractivity (Wildman–Crippen MR) is 58.9 cm³/mol. The Morgan fingerprint density at radius 3 is 2.93 bits per heavy atom. The summed E-state index contributed by atoms with van der Waals surface area (Å²) in [5.41, 5.74) is 1.03. The zero-order valence-corrected chi connectivity index (χ0v) is 9.16. The van der Waals surface area contributed by atoms with E-state index in [1.807, 2.05) is 18.3 Å². The number of nitrogens with zero attached hydrogens (tertiary/aromatic N) is 2. The van der Waals surface area contributed by atoms with Crippen molar-refractivity contribution in [2.45, 2.75) is 32.7 Å². The van der Waals surface area contributed by atoms with E-state index < -0.39 is 0 Å². The topological polar surface area (TPSA) is 16.1 Å². The van der Waals surface area contributed by atoms with Gasteiger partial charge in [-0.15, -0.1) is 0 Å². The maximum Gasteiger partial charge on any atom is 0.0622 e. The molecule has 0 saturated carbocycles. The molecule has 0 fully saturated rings. The first kappa shape index (κ1) is 11.2. The summed E-state index contributed by atoms with van der Waals surface area (Å²) in [4.78, 5) is 6.55. The van der Waals surface area contributed by atoms with Crippen LogP contribution >= 0.6 is 0 Å². The second-order valence-electron chi connectivity index (χ2n) is 3.67. The summed E-state index contributed by atoms with van der Waals surface area (Å²) < 4.78 is 0. The maximum absolute atomic E-state index is 4.25. The van der Waals surface area contributed by atoms with Gasteiger partial charge in [-0.1, -0.05) is 25.8 Å². The lowest BCUT2D eigenvalue weighted by molar-refractivity contribution is 0.314.